The molecule has 1 N–H and O–H groups in total. The third-order valence-electron chi connectivity index (χ3n) is 3.51. The lowest BCUT2D eigenvalue weighted by atomic mass is 10.1. The van der Waals surface area contributed by atoms with Gasteiger partial charge < -0.3 is 10.1 Å². The fourth-order valence-electron chi connectivity index (χ4n) is 2.05. The van der Waals surface area contributed by atoms with Crippen LogP contribution in [-0.2, 0) is 4.74 Å². The monoisotopic (exact) mass is 227 g/mol. The molecule has 90 valence electrons. The Morgan fingerprint density at radius 1 is 1.56 bits per heavy atom. The second-order valence-corrected chi connectivity index (χ2v) is 5.05. The fraction of sp³-hybridized carbons (Fsp3) is 0.750. The predicted molar refractivity (Wildman–Crippen MR) is 58.9 cm³/mol. The van der Waals surface area contributed by atoms with Gasteiger partial charge in [0.2, 0.25) is 0 Å². The van der Waals surface area contributed by atoms with E-state index in [2.05, 4.69) is 11.9 Å². The number of carbonyl (C=O) groups is 1. The van der Waals surface area contributed by atoms with E-state index in [4.69, 9.17) is 4.74 Å². The van der Waals surface area contributed by atoms with Crippen LogP contribution in [0.3, 0.4) is 0 Å². The van der Waals surface area contributed by atoms with Gasteiger partial charge in [0.05, 0.1) is 0 Å². The van der Waals surface area contributed by atoms with Crippen LogP contribution >= 0.6 is 0 Å². The highest BCUT2D eigenvalue weighted by atomic mass is 19.1. The molecule has 0 radical (unpaired) electrons. The Bertz CT molecular complexity index is 301. The Kier molecular flexibility index (Phi) is 2.91. The van der Waals surface area contributed by atoms with Crippen LogP contribution in [0.5, 0.6) is 0 Å². The first-order valence-electron chi connectivity index (χ1n) is 5.79. The molecule has 0 aromatic rings. The van der Waals surface area contributed by atoms with Gasteiger partial charge in [-0.1, -0.05) is 6.08 Å². The van der Waals surface area contributed by atoms with Gasteiger partial charge in [0.15, 0.2) is 0 Å². The second-order valence-electron chi connectivity index (χ2n) is 5.05. The average Bonchev–Trinajstić information content (AvgIpc) is 2.84. The zero-order valence-corrected chi connectivity index (χ0v) is 9.54. The van der Waals surface area contributed by atoms with Gasteiger partial charge in [0, 0.05) is 11.5 Å². The van der Waals surface area contributed by atoms with Crippen LogP contribution in [0.1, 0.15) is 32.6 Å². The third kappa shape index (κ3) is 2.36. The molecule has 1 amide bonds. The van der Waals surface area contributed by atoms with E-state index in [1.807, 2.05) is 6.92 Å². The number of alkyl carbamates (subject to hydrolysis) is 1. The van der Waals surface area contributed by atoms with E-state index in [1.54, 1.807) is 6.08 Å². The highest BCUT2D eigenvalue weighted by Crippen LogP contribution is 2.35. The Hall–Kier alpha value is -1.06. The first-order valence-corrected chi connectivity index (χ1v) is 5.79. The van der Waals surface area contributed by atoms with Crippen molar-refractivity contribution >= 4 is 6.09 Å². The second kappa shape index (κ2) is 4.07. The summed E-state index contributed by atoms with van der Waals surface area (Å²) in [6.45, 7) is 5.54. The van der Waals surface area contributed by atoms with Crippen molar-refractivity contribution in [1.29, 1.82) is 0 Å². The van der Waals surface area contributed by atoms with Crippen LogP contribution in [0.15, 0.2) is 12.7 Å². The summed E-state index contributed by atoms with van der Waals surface area (Å²) >= 11 is 0. The molecule has 0 bridgehead atoms. The third-order valence-corrected chi connectivity index (χ3v) is 3.51. The number of halogens is 1. The lowest BCUT2D eigenvalue weighted by Crippen LogP contribution is -2.38. The van der Waals surface area contributed by atoms with Crippen molar-refractivity contribution in [3.8, 4) is 0 Å². The number of rotatable bonds is 3. The number of alkyl halides is 1. The molecule has 0 saturated heterocycles. The molecule has 4 heteroatoms. The van der Waals surface area contributed by atoms with Crippen molar-refractivity contribution in [3.63, 3.8) is 0 Å². The van der Waals surface area contributed by atoms with E-state index in [9.17, 15) is 9.18 Å². The first-order chi connectivity index (χ1) is 7.54. The summed E-state index contributed by atoms with van der Waals surface area (Å²) in [4.78, 5) is 11.5. The first kappa shape index (κ1) is 11.4. The minimum atomic E-state index is -1.10. The number of allylic oxidation sites excluding steroid dienone is 1. The molecule has 0 spiro atoms. The van der Waals surface area contributed by atoms with Crippen molar-refractivity contribution in [3.05, 3.63) is 12.7 Å². The molecule has 0 aromatic carbocycles. The Morgan fingerprint density at radius 2 is 2.25 bits per heavy atom. The van der Waals surface area contributed by atoms with E-state index in [0.29, 0.717) is 12.8 Å². The smallest absolute Gasteiger partial charge is 0.407 e. The zero-order chi connectivity index (χ0) is 11.8. The lowest BCUT2D eigenvalue weighted by molar-refractivity contribution is 0.0525. The molecular weight excluding hydrogens is 209 g/mol. The van der Waals surface area contributed by atoms with E-state index < -0.39 is 18.4 Å². The van der Waals surface area contributed by atoms with Gasteiger partial charge in [0.1, 0.15) is 12.3 Å². The maximum atomic E-state index is 13.7. The van der Waals surface area contributed by atoms with Gasteiger partial charge in [-0.15, -0.1) is 6.58 Å². The van der Waals surface area contributed by atoms with Gasteiger partial charge in [-0.3, -0.25) is 0 Å². The summed E-state index contributed by atoms with van der Waals surface area (Å²) in [5, 5.41) is 2.76. The summed E-state index contributed by atoms with van der Waals surface area (Å²) in [5.41, 5.74) is -0.112. The predicted octanol–water partition coefficient (Wildman–Crippen LogP) is 2.57. The lowest BCUT2D eigenvalue weighted by Gasteiger charge is -2.18. The van der Waals surface area contributed by atoms with Crippen LogP contribution in [0.25, 0.3) is 0 Å². The van der Waals surface area contributed by atoms with Crippen LogP contribution in [-0.4, -0.2) is 23.9 Å². The Labute approximate surface area is 95.0 Å². The van der Waals surface area contributed by atoms with Crippen molar-refractivity contribution in [1.82, 2.24) is 5.32 Å². The molecule has 2 saturated carbocycles. The highest BCUT2D eigenvalue weighted by molar-refractivity contribution is 5.69. The molecule has 0 aromatic heterocycles. The number of hydrogen-bond donors (Lipinski definition) is 1. The minimum absolute atomic E-state index is 0.112. The van der Waals surface area contributed by atoms with Crippen LogP contribution < -0.4 is 5.32 Å². The van der Waals surface area contributed by atoms with E-state index >= 15 is 0 Å². The highest BCUT2D eigenvalue weighted by Gasteiger charge is 2.41. The molecule has 3 nitrogen and oxygen atoms in total. The maximum absolute atomic E-state index is 13.7. The molecule has 0 aliphatic heterocycles. The van der Waals surface area contributed by atoms with Crippen LogP contribution in [0, 0.1) is 5.92 Å². The topological polar surface area (TPSA) is 38.3 Å². The van der Waals surface area contributed by atoms with Gasteiger partial charge in [-0.05, 0) is 32.6 Å². The molecule has 2 fully saturated rings. The summed E-state index contributed by atoms with van der Waals surface area (Å²) in [5.74, 6) is -0.172. The van der Waals surface area contributed by atoms with Crippen molar-refractivity contribution in [2.45, 2.75) is 50.4 Å². The molecule has 16 heavy (non-hydrogen) atoms. The SMILES string of the molecule is C=C[C@H]1CC[C@@H](OC(=O)NC2(C)CC2)[C@@H]1F. The molecule has 3 atom stereocenters. The van der Waals surface area contributed by atoms with Gasteiger partial charge in [0.25, 0.3) is 0 Å². The quantitative estimate of drug-likeness (QED) is 0.752. The molecular formula is C12H18FNO2. The summed E-state index contributed by atoms with van der Waals surface area (Å²) in [6, 6.07) is 0. The normalized spacial score (nSPS) is 35.5. The zero-order valence-electron chi connectivity index (χ0n) is 9.54. The van der Waals surface area contributed by atoms with E-state index in [-0.39, 0.29) is 11.5 Å². The molecule has 2 rings (SSSR count). The van der Waals surface area contributed by atoms with E-state index in [1.165, 1.54) is 0 Å². The maximum Gasteiger partial charge on any atom is 0.407 e. The van der Waals surface area contributed by atoms with Gasteiger partial charge in [-0.2, -0.15) is 0 Å². The Morgan fingerprint density at radius 3 is 2.75 bits per heavy atom. The fourth-order valence-corrected chi connectivity index (χ4v) is 2.05. The summed E-state index contributed by atoms with van der Waals surface area (Å²) in [7, 11) is 0. The number of ether oxygens (including phenoxy) is 1. The summed E-state index contributed by atoms with van der Waals surface area (Å²) < 4.78 is 18.8. The van der Waals surface area contributed by atoms with Gasteiger partial charge >= 0.3 is 6.09 Å². The summed E-state index contributed by atoms with van der Waals surface area (Å²) in [6.07, 6.45) is 2.65. The molecule has 0 unspecified atom stereocenters. The van der Waals surface area contributed by atoms with Crippen molar-refractivity contribution in [2.24, 2.45) is 5.92 Å². The van der Waals surface area contributed by atoms with E-state index in [0.717, 1.165) is 12.8 Å². The number of nitrogens with one attached hydrogen (secondary N) is 1. The molecule has 2 aliphatic carbocycles. The Balaban J connectivity index is 1.81. The largest absolute Gasteiger partial charge is 0.443 e. The van der Waals surface area contributed by atoms with Gasteiger partial charge in [-0.25, -0.2) is 9.18 Å². The number of carbonyl (C=O) groups excluding carboxylic acids is 1. The average molecular weight is 227 g/mol. The van der Waals surface area contributed by atoms with Crippen LogP contribution in [0.2, 0.25) is 0 Å². The number of hydrogen-bond acceptors (Lipinski definition) is 2. The van der Waals surface area contributed by atoms with Crippen molar-refractivity contribution < 1.29 is 13.9 Å². The number of amides is 1. The molecule has 0 heterocycles. The minimum Gasteiger partial charge on any atom is -0.443 e. The van der Waals surface area contributed by atoms with Crippen LogP contribution in [0.4, 0.5) is 9.18 Å². The van der Waals surface area contributed by atoms with Crippen molar-refractivity contribution in [2.75, 3.05) is 0 Å². The molecule has 2 aliphatic rings. The standard InChI is InChI=1S/C12H18FNO2/c1-3-8-4-5-9(10(8)13)16-11(15)14-12(2)6-7-12/h3,8-10H,1,4-7H2,2H3,(H,14,15)/t8-,9+,10+/m0/s1.